The van der Waals surface area contributed by atoms with Crippen LogP contribution in [0.4, 0.5) is 0 Å². The minimum atomic E-state index is -0.134. The molecule has 4 nitrogen and oxygen atoms in total. The van der Waals surface area contributed by atoms with Crippen LogP contribution in [-0.4, -0.2) is 21.5 Å². The zero-order chi connectivity index (χ0) is 18.3. The number of fused-ring (bicyclic) bond motifs is 3. The fraction of sp³-hybridized carbons (Fsp3) is 0.278. The van der Waals surface area contributed by atoms with Crippen molar-refractivity contribution in [1.29, 1.82) is 0 Å². The second-order valence-corrected chi connectivity index (χ2v) is 8.99. The van der Waals surface area contributed by atoms with E-state index in [2.05, 4.69) is 9.97 Å². The highest BCUT2D eigenvalue weighted by molar-refractivity contribution is 7.99. The number of halogens is 2. The van der Waals surface area contributed by atoms with E-state index in [1.54, 1.807) is 29.5 Å². The predicted molar refractivity (Wildman–Crippen MR) is 108 cm³/mol. The van der Waals surface area contributed by atoms with Crippen molar-refractivity contribution in [2.75, 3.05) is 5.75 Å². The van der Waals surface area contributed by atoms with Gasteiger partial charge in [-0.2, -0.15) is 0 Å². The van der Waals surface area contributed by atoms with Gasteiger partial charge >= 0.3 is 0 Å². The maximum Gasteiger partial charge on any atom is 0.260 e. The van der Waals surface area contributed by atoms with Gasteiger partial charge in [0.2, 0.25) is 0 Å². The summed E-state index contributed by atoms with van der Waals surface area (Å²) in [6.45, 7) is 0. The van der Waals surface area contributed by atoms with E-state index in [1.807, 2.05) is 0 Å². The number of nitrogens with zero attached hydrogens (tertiary/aromatic N) is 1. The molecule has 0 fully saturated rings. The molecule has 1 N–H and O–H groups in total. The number of thioether (sulfide) groups is 1. The van der Waals surface area contributed by atoms with Crippen LogP contribution >= 0.6 is 46.3 Å². The lowest BCUT2D eigenvalue weighted by Gasteiger charge is -2.09. The number of carbonyl (C=O) groups excluding carboxylic acids is 1. The van der Waals surface area contributed by atoms with Gasteiger partial charge in [0.15, 0.2) is 10.9 Å². The van der Waals surface area contributed by atoms with Crippen molar-refractivity contribution < 1.29 is 4.79 Å². The van der Waals surface area contributed by atoms with Crippen molar-refractivity contribution in [1.82, 2.24) is 9.97 Å². The first-order valence-corrected chi connectivity index (χ1v) is 10.7. The molecule has 4 rings (SSSR count). The van der Waals surface area contributed by atoms with Crippen molar-refractivity contribution in [2.45, 2.75) is 30.8 Å². The third-order valence-electron chi connectivity index (χ3n) is 4.37. The molecule has 2 heterocycles. The molecule has 26 heavy (non-hydrogen) atoms. The maximum atomic E-state index is 12.5. The first kappa shape index (κ1) is 18.0. The molecule has 0 spiro atoms. The van der Waals surface area contributed by atoms with Crippen LogP contribution in [0, 0.1) is 0 Å². The zero-order valence-electron chi connectivity index (χ0n) is 13.6. The third-order valence-corrected chi connectivity index (χ3v) is 6.98. The van der Waals surface area contributed by atoms with E-state index in [0.717, 1.165) is 41.5 Å². The standard InChI is InChI=1S/C18H14Cl2N2O2S2/c19-9-5-6-10(12(20)7-9)13(23)8-25-18-21-16(24)15-11-3-1-2-4-14(11)26-17(15)22-18/h5-7H,1-4,8H2,(H,21,22,24). The van der Waals surface area contributed by atoms with E-state index in [-0.39, 0.29) is 17.1 Å². The lowest BCUT2D eigenvalue weighted by molar-refractivity contribution is 0.102. The summed E-state index contributed by atoms with van der Waals surface area (Å²) in [5, 5.41) is 1.99. The van der Waals surface area contributed by atoms with Crippen LogP contribution in [0.5, 0.6) is 0 Å². The number of benzene rings is 1. The Morgan fingerprint density at radius 2 is 2.08 bits per heavy atom. The number of aromatic amines is 1. The quantitative estimate of drug-likeness (QED) is 0.357. The Kier molecular flexibility index (Phi) is 5.10. The number of hydrogen-bond acceptors (Lipinski definition) is 5. The van der Waals surface area contributed by atoms with Gasteiger partial charge in [0.25, 0.3) is 5.56 Å². The number of thiophene rings is 1. The zero-order valence-corrected chi connectivity index (χ0v) is 16.7. The molecule has 0 amide bonds. The monoisotopic (exact) mass is 424 g/mol. The Hall–Kier alpha value is -1.34. The van der Waals surface area contributed by atoms with Gasteiger partial charge in [-0.05, 0) is 49.4 Å². The number of nitrogens with one attached hydrogen (secondary N) is 1. The van der Waals surface area contributed by atoms with Gasteiger partial charge in [0.05, 0.1) is 16.2 Å². The molecular formula is C18H14Cl2N2O2S2. The lowest BCUT2D eigenvalue weighted by atomic mass is 9.97. The molecule has 0 aliphatic heterocycles. The van der Waals surface area contributed by atoms with Crippen LogP contribution in [0.25, 0.3) is 10.2 Å². The summed E-state index contributed by atoms with van der Waals surface area (Å²) < 4.78 is 0. The molecule has 1 aromatic carbocycles. The Morgan fingerprint density at radius 1 is 1.27 bits per heavy atom. The van der Waals surface area contributed by atoms with Crippen LogP contribution in [0.15, 0.2) is 28.2 Å². The summed E-state index contributed by atoms with van der Waals surface area (Å²) >= 11 is 14.7. The normalized spacial score (nSPS) is 13.8. The predicted octanol–water partition coefficient (Wildman–Crippen LogP) is 5.15. The van der Waals surface area contributed by atoms with Crippen LogP contribution in [0.2, 0.25) is 10.0 Å². The summed E-state index contributed by atoms with van der Waals surface area (Å²) in [6.07, 6.45) is 4.24. The van der Waals surface area contributed by atoms with E-state index in [1.165, 1.54) is 16.6 Å². The van der Waals surface area contributed by atoms with Gasteiger partial charge in [-0.1, -0.05) is 35.0 Å². The molecule has 0 saturated carbocycles. The molecular weight excluding hydrogens is 411 g/mol. The average Bonchev–Trinajstić information content (AvgIpc) is 2.98. The van der Waals surface area contributed by atoms with E-state index in [4.69, 9.17) is 23.2 Å². The van der Waals surface area contributed by atoms with E-state index in [9.17, 15) is 9.59 Å². The SMILES string of the molecule is O=C(CSc1nc2sc3c(c2c(=O)[nH]1)CCCC3)c1ccc(Cl)cc1Cl. The molecule has 0 bridgehead atoms. The van der Waals surface area contributed by atoms with Gasteiger partial charge in [-0.15, -0.1) is 11.3 Å². The molecule has 2 aromatic heterocycles. The van der Waals surface area contributed by atoms with Crippen molar-refractivity contribution in [3.8, 4) is 0 Å². The Balaban J connectivity index is 1.58. The first-order valence-electron chi connectivity index (χ1n) is 8.18. The lowest BCUT2D eigenvalue weighted by Crippen LogP contribution is -2.12. The number of ketones is 1. The van der Waals surface area contributed by atoms with Gasteiger partial charge in [-0.25, -0.2) is 4.98 Å². The van der Waals surface area contributed by atoms with Gasteiger partial charge in [0, 0.05) is 15.5 Å². The van der Waals surface area contributed by atoms with E-state index < -0.39 is 0 Å². The Morgan fingerprint density at radius 3 is 2.88 bits per heavy atom. The van der Waals surface area contributed by atoms with Gasteiger partial charge in [-0.3, -0.25) is 9.59 Å². The second-order valence-electron chi connectivity index (χ2n) is 6.10. The highest BCUT2D eigenvalue weighted by Gasteiger charge is 2.20. The Labute approximate surface area is 167 Å². The number of hydrogen-bond donors (Lipinski definition) is 1. The van der Waals surface area contributed by atoms with Crippen LogP contribution in [-0.2, 0) is 12.8 Å². The molecule has 0 atom stereocenters. The van der Waals surface area contributed by atoms with Crippen LogP contribution in [0.1, 0.15) is 33.6 Å². The van der Waals surface area contributed by atoms with Crippen molar-refractivity contribution in [3.05, 3.63) is 54.6 Å². The van der Waals surface area contributed by atoms with Crippen LogP contribution < -0.4 is 5.56 Å². The van der Waals surface area contributed by atoms with E-state index in [0.29, 0.717) is 20.8 Å². The highest BCUT2D eigenvalue weighted by atomic mass is 35.5. The van der Waals surface area contributed by atoms with Crippen molar-refractivity contribution >= 4 is 62.3 Å². The topological polar surface area (TPSA) is 62.8 Å². The molecule has 1 aliphatic rings. The fourth-order valence-corrected chi connectivity index (χ4v) is 5.72. The van der Waals surface area contributed by atoms with Gasteiger partial charge < -0.3 is 4.98 Å². The molecule has 0 radical (unpaired) electrons. The molecule has 8 heteroatoms. The number of carbonyl (C=O) groups is 1. The molecule has 3 aromatic rings. The number of H-pyrrole nitrogens is 1. The number of aryl methyl sites for hydroxylation is 2. The van der Waals surface area contributed by atoms with Gasteiger partial charge in [0.1, 0.15) is 4.83 Å². The first-order chi connectivity index (χ1) is 12.5. The number of aromatic nitrogens is 2. The highest BCUT2D eigenvalue weighted by Crippen LogP contribution is 2.34. The minimum Gasteiger partial charge on any atom is -0.301 e. The third kappa shape index (κ3) is 3.43. The number of rotatable bonds is 4. The summed E-state index contributed by atoms with van der Waals surface area (Å²) in [5.41, 5.74) is 1.46. The summed E-state index contributed by atoms with van der Waals surface area (Å²) in [4.78, 5) is 34.3. The molecule has 134 valence electrons. The van der Waals surface area contributed by atoms with E-state index >= 15 is 0 Å². The van der Waals surface area contributed by atoms with Crippen molar-refractivity contribution in [3.63, 3.8) is 0 Å². The minimum absolute atomic E-state index is 0.117. The average molecular weight is 425 g/mol. The molecule has 0 saturated heterocycles. The summed E-state index contributed by atoms with van der Waals surface area (Å²) in [7, 11) is 0. The number of Topliss-reactive ketones (excluding diaryl/α,β-unsaturated/α-hetero) is 1. The van der Waals surface area contributed by atoms with Crippen LogP contribution in [0.3, 0.4) is 0 Å². The largest absolute Gasteiger partial charge is 0.301 e. The van der Waals surface area contributed by atoms with Crippen molar-refractivity contribution in [2.24, 2.45) is 0 Å². The smallest absolute Gasteiger partial charge is 0.260 e. The summed E-state index contributed by atoms with van der Waals surface area (Å²) in [6, 6.07) is 4.79. The fourth-order valence-electron chi connectivity index (χ4n) is 3.14. The molecule has 0 unspecified atom stereocenters. The second kappa shape index (κ2) is 7.35. The summed E-state index contributed by atoms with van der Waals surface area (Å²) in [5.74, 6) is 0.00541. The Bertz CT molecular complexity index is 1070. The maximum absolute atomic E-state index is 12.5. The molecule has 1 aliphatic carbocycles.